The molecular formula is C24H26N6O2. The molecule has 1 saturated heterocycles. The molecule has 5 N–H and O–H groups in total. The predicted octanol–water partition coefficient (Wildman–Crippen LogP) is 1.79. The number of carbonyl (C=O) groups excluding carboxylic acids is 2. The van der Waals surface area contributed by atoms with Crippen LogP contribution in [0.25, 0.3) is 11.3 Å². The normalized spacial score (nSPS) is 17.7. The third-order valence-electron chi connectivity index (χ3n) is 5.67. The van der Waals surface area contributed by atoms with Gasteiger partial charge in [-0.05, 0) is 37.1 Å². The number of anilines is 1. The first-order valence-electron chi connectivity index (χ1n) is 10.5. The van der Waals surface area contributed by atoms with Crippen LogP contribution in [0.5, 0.6) is 0 Å². The highest BCUT2D eigenvalue weighted by atomic mass is 16.2. The summed E-state index contributed by atoms with van der Waals surface area (Å²) in [4.78, 5) is 33.6. The third-order valence-corrected chi connectivity index (χ3v) is 5.67. The molecule has 0 bridgehead atoms. The minimum atomic E-state index is -0.415. The maximum Gasteiger partial charge on any atom is 0.273 e. The van der Waals surface area contributed by atoms with E-state index in [0.717, 1.165) is 19.4 Å². The maximum absolute atomic E-state index is 13.2. The van der Waals surface area contributed by atoms with Crippen LogP contribution in [0.1, 0.15) is 32.8 Å². The Hall–Kier alpha value is -3.78. The Kier molecular flexibility index (Phi) is 6.13. The molecule has 2 heterocycles. The van der Waals surface area contributed by atoms with E-state index in [4.69, 9.17) is 5.73 Å². The largest absolute Gasteiger partial charge is 0.382 e. The molecule has 0 radical (unpaired) electrons. The van der Waals surface area contributed by atoms with Crippen LogP contribution in [0, 0.1) is 0 Å². The van der Waals surface area contributed by atoms with Crippen molar-refractivity contribution in [2.45, 2.75) is 18.4 Å². The molecule has 1 atom stereocenters. The number of hydrogen-bond donors (Lipinski definition) is 4. The standard InChI is InChI=1S/C24H26N6O2/c1-26-23(32)20-21(25)28-14-19(29-20)17-8-5-9-18(12-17)22(31)30-24(10-11-27-15-24)13-16-6-3-2-4-7-16/h2-9,12,14,27H,10-11,13,15H2,1H3,(H2,25,28)(H,26,32)(H,30,31)/t24-/m0/s1. The minimum Gasteiger partial charge on any atom is -0.382 e. The summed E-state index contributed by atoms with van der Waals surface area (Å²) in [6.07, 6.45) is 3.11. The monoisotopic (exact) mass is 430 g/mol. The molecule has 2 aromatic carbocycles. The lowest BCUT2D eigenvalue weighted by Crippen LogP contribution is -2.51. The van der Waals surface area contributed by atoms with Gasteiger partial charge >= 0.3 is 0 Å². The Morgan fingerprint density at radius 3 is 2.66 bits per heavy atom. The van der Waals surface area contributed by atoms with E-state index >= 15 is 0 Å². The quantitative estimate of drug-likeness (QED) is 0.473. The van der Waals surface area contributed by atoms with E-state index in [0.29, 0.717) is 23.4 Å². The summed E-state index contributed by atoms with van der Waals surface area (Å²) >= 11 is 0. The predicted molar refractivity (Wildman–Crippen MR) is 123 cm³/mol. The number of nitrogens with one attached hydrogen (secondary N) is 3. The van der Waals surface area contributed by atoms with Crippen molar-refractivity contribution in [2.24, 2.45) is 0 Å². The van der Waals surface area contributed by atoms with Gasteiger partial charge in [0.2, 0.25) is 0 Å². The number of nitrogens with zero attached hydrogens (tertiary/aromatic N) is 2. The number of nitrogens with two attached hydrogens (primary N) is 1. The molecule has 32 heavy (non-hydrogen) atoms. The average molecular weight is 431 g/mol. The average Bonchev–Trinajstić information content (AvgIpc) is 3.27. The van der Waals surface area contributed by atoms with Crippen molar-refractivity contribution in [3.05, 3.63) is 77.6 Å². The van der Waals surface area contributed by atoms with Gasteiger partial charge in [0.25, 0.3) is 11.8 Å². The molecule has 2 amide bonds. The Bertz CT molecular complexity index is 1130. The van der Waals surface area contributed by atoms with E-state index in [1.54, 1.807) is 18.2 Å². The molecule has 8 nitrogen and oxygen atoms in total. The van der Waals surface area contributed by atoms with Gasteiger partial charge in [0, 0.05) is 24.7 Å². The van der Waals surface area contributed by atoms with Gasteiger partial charge in [-0.2, -0.15) is 0 Å². The molecule has 1 fully saturated rings. The van der Waals surface area contributed by atoms with Gasteiger partial charge in [0.15, 0.2) is 11.5 Å². The summed E-state index contributed by atoms with van der Waals surface area (Å²) in [5, 5.41) is 9.14. The Morgan fingerprint density at radius 2 is 1.94 bits per heavy atom. The van der Waals surface area contributed by atoms with Crippen LogP contribution in [-0.2, 0) is 6.42 Å². The molecule has 8 heteroatoms. The van der Waals surface area contributed by atoms with E-state index in [9.17, 15) is 9.59 Å². The molecule has 1 aliphatic rings. The summed E-state index contributed by atoms with van der Waals surface area (Å²) in [6.45, 7) is 1.57. The van der Waals surface area contributed by atoms with E-state index in [1.807, 2.05) is 24.3 Å². The van der Waals surface area contributed by atoms with E-state index < -0.39 is 5.91 Å². The molecule has 1 aromatic heterocycles. The third kappa shape index (κ3) is 4.60. The van der Waals surface area contributed by atoms with Crippen LogP contribution < -0.4 is 21.7 Å². The first-order chi connectivity index (χ1) is 15.5. The zero-order chi connectivity index (χ0) is 22.6. The lowest BCUT2D eigenvalue weighted by molar-refractivity contribution is 0.0904. The zero-order valence-electron chi connectivity index (χ0n) is 17.9. The van der Waals surface area contributed by atoms with Crippen molar-refractivity contribution >= 4 is 17.6 Å². The highest BCUT2D eigenvalue weighted by Gasteiger charge is 2.35. The molecular weight excluding hydrogens is 404 g/mol. The molecule has 3 aromatic rings. The van der Waals surface area contributed by atoms with Crippen LogP contribution in [0.15, 0.2) is 60.8 Å². The fourth-order valence-corrected chi connectivity index (χ4v) is 3.99. The van der Waals surface area contributed by atoms with Crippen LogP contribution >= 0.6 is 0 Å². The molecule has 4 rings (SSSR count). The van der Waals surface area contributed by atoms with Gasteiger partial charge in [-0.1, -0.05) is 42.5 Å². The zero-order valence-corrected chi connectivity index (χ0v) is 17.9. The molecule has 0 spiro atoms. The minimum absolute atomic E-state index is 0.0542. The summed E-state index contributed by atoms with van der Waals surface area (Å²) in [6, 6.07) is 17.3. The first kappa shape index (κ1) is 21.5. The van der Waals surface area contributed by atoms with E-state index in [1.165, 1.54) is 18.8 Å². The number of hydrogen-bond acceptors (Lipinski definition) is 6. The second kappa shape index (κ2) is 9.15. The van der Waals surface area contributed by atoms with Crippen molar-refractivity contribution in [1.29, 1.82) is 0 Å². The maximum atomic E-state index is 13.2. The summed E-state index contributed by atoms with van der Waals surface area (Å²) in [5.74, 6) is -0.512. The van der Waals surface area contributed by atoms with E-state index in [-0.39, 0.29) is 23.0 Å². The van der Waals surface area contributed by atoms with E-state index in [2.05, 4.69) is 38.1 Å². The van der Waals surface area contributed by atoms with Gasteiger partial charge in [0.05, 0.1) is 17.4 Å². The summed E-state index contributed by atoms with van der Waals surface area (Å²) in [5.41, 5.74) is 8.34. The Labute approximate surface area is 186 Å². The van der Waals surface area contributed by atoms with Gasteiger partial charge in [-0.15, -0.1) is 0 Å². The SMILES string of the molecule is CNC(=O)c1nc(-c2cccc(C(=O)N[C@]3(Cc4ccccc4)CCNC3)c2)cnc1N. The number of carbonyl (C=O) groups is 2. The molecule has 0 aliphatic carbocycles. The molecule has 0 unspecified atom stereocenters. The highest BCUT2D eigenvalue weighted by molar-refractivity contribution is 5.97. The fraction of sp³-hybridized carbons (Fsp3) is 0.250. The van der Waals surface area contributed by atoms with Crippen LogP contribution in [0.4, 0.5) is 5.82 Å². The second-order valence-corrected chi connectivity index (χ2v) is 7.97. The topological polar surface area (TPSA) is 122 Å². The van der Waals surface area contributed by atoms with Gasteiger partial charge in [-0.3, -0.25) is 9.59 Å². The van der Waals surface area contributed by atoms with Crippen LogP contribution in [0.3, 0.4) is 0 Å². The van der Waals surface area contributed by atoms with Crippen molar-refractivity contribution in [1.82, 2.24) is 25.9 Å². The van der Waals surface area contributed by atoms with Crippen LogP contribution in [0.2, 0.25) is 0 Å². The lowest BCUT2D eigenvalue weighted by Gasteiger charge is -2.30. The number of benzene rings is 2. The fourth-order valence-electron chi connectivity index (χ4n) is 3.99. The first-order valence-corrected chi connectivity index (χ1v) is 10.5. The van der Waals surface area contributed by atoms with Gasteiger partial charge in [0.1, 0.15) is 0 Å². The summed E-state index contributed by atoms with van der Waals surface area (Å²) in [7, 11) is 1.50. The van der Waals surface area contributed by atoms with Crippen molar-refractivity contribution in [2.75, 3.05) is 25.9 Å². The number of nitrogen functional groups attached to an aromatic ring is 1. The number of amides is 2. The van der Waals surface area contributed by atoms with Crippen LogP contribution in [-0.4, -0.2) is 47.5 Å². The van der Waals surface area contributed by atoms with Crippen molar-refractivity contribution in [3.63, 3.8) is 0 Å². The molecule has 0 saturated carbocycles. The lowest BCUT2D eigenvalue weighted by atomic mass is 9.89. The van der Waals surface area contributed by atoms with Gasteiger partial charge < -0.3 is 21.7 Å². The second-order valence-electron chi connectivity index (χ2n) is 7.97. The summed E-state index contributed by atoms with van der Waals surface area (Å²) < 4.78 is 0. The number of aromatic nitrogens is 2. The Balaban J connectivity index is 1.58. The molecule has 164 valence electrons. The van der Waals surface area contributed by atoms with Gasteiger partial charge in [-0.25, -0.2) is 9.97 Å². The number of rotatable bonds is 6. The molecule has 1 aliphatic heterocycles. The smallest absolute Gasteiger partial charge is 0.273 e. The Morgan fingerprint density at radius 1 is 1.12 bits per heavy atom. The highest BCUT2D eigenvalue weighted by Crippen LogP contribution is 2.23. The van der Waals surface area contributed by atoms with Crippen molar-refractivity contribution in [3.8, 4) is 11.3 Å². The van der Waals surface area contributed by atoms with Crippen molar-refractivity contribution < 1.29 is 9.59 Å².